The van der Waals surface area contributed by atoms with Crippen LogP contribution in [0.3, 0.4) is 0 Å². The molecule has 2 rings (SSSR count). The number of methoxy groups -OCH3 is 1. The fourth-order valence-corrected chi connectivity index (χ4v) is 1.98. The normalized spacial score (nSPS) is 12.1. The molecule has 0 aliphatic carbocycles. The van der Waals surface area contributed by atoms with Gasteiger partial charge in [0.05, 0.1) is 13.2 Å². The SMILES string of the molecule is COc1cccc(/C=C/C(=O)NCC(O)c2ccc(F)cc2)c1. The van der Waals surface area contributed by atoms with E-state index in [0.717, 1.165) is 5.56 Å². The molecule has 2 aromatic carbocycles. The van der Waals surface area contributed by atoms with Gasteiger partial charge in [-0.1, -0.05) is 24.3 Å². The summed E-state index contributed by atoms with van der Waals surface area (Å²) in [5.41, 5.74) is 1.38. The molecule has 120 valence electrons. The third kappa shape index (κ3) is 5.23. The third-order valence-electron chi connectivity index (χ3n) is 3.25. The monoisotopic (exact) mass is 315 g/mol. The molecule has 0 aliphatic heterocycles. The fourth-order valence-electron chi connectivity index (χ4n) is 1.98. The van der Waals surface area contributed by atoms with Gasteiger partial charge in [-0.05, 0) is 41.5 Å². The van der Waals surface area contributed by atoms with Crippen molar-refractivity contribution in [2.75, 3.05) is 13.7 Å². The number of carbonyl (C=O) groups is 1. The van der Waals surface area contributed by atoms with Crippen molar-refractivity contribution in [2.24, 2.45) is 0 Å². The fraction of sp³-hybridized carbons (Fsp3) is 0.167. The highest BCUT2D eigenvalue weighted by Crippen LogP contribution is 2.14. The summed E-state index contributed by atoms with van der Waals surface area (Å²) in [7, 11) is 1.58. The second-order valence-electron chi connectivity index (χ2n) is 4.92. The molecular weight excluding hydrogens is 297 g/mol. The molecule has 0 aliphatic rings. The highest BCUT2D eigenvalue weighted by atomic mass is 19.1. The standard InChI is InChI=1S/C18H18FNO3/c1-23-16-4-2-3-13(11-16)5-10-18(22)20-12-17(21)14-6-8-15(19)9-7-14/h2-11,17,21H,12H2,1H3,(H,20,22)/b10-5+. The van der Waals surface area contributed by atoms with Crippen molar-refractivity contribution < 1.29 is 19.0 Å². The van der Waals surface area contributed by atoms with Crippen LogP contribution in [0.1, 0.15) is 17.2 Å². The van der Waals surface area contributed by atoms with Gasteiger partial charge < -0.3 is 15.2 Å². The third-order valence-corrected chi connectivity index (χ3v) is 3.25. The molecule has 23 heavy (non-hydrogen) atoms. The van der Waals surface area contributed by atoms with Gasteiger partial charge in [0.25, 0.3) is 0 Å². The Kier molecular flexibility index (Phi) is 5.88. The molecule has 1 unspecified atom stereocenters. The molecule has 0 spiro atoms. The van der Waals surface area contributed by atoms with Crippen molar-refractivity contribution >= 4 is 12.0 Å². The van der Waals surface area contributed by atoms with Gasteiger partial charge in [0.1, 0.15) is 11.6 Å². The first-order valence-electron chi connectivity index (χ1n) is 7.12. The lowest BCUT2D eigenvalue weighted by atomic mass is 10.1. The number of ether oxygens (including phenoxy) is 1. The number of nitrogens with one attached hydrogen (secondary N) is 1. The maximum absolute atomic E-state index is 12.8. The summed E-state index contributed by atoms with van der Waals surface area (Å²) in [6, 6.07) is 12.8. The predicted molar refractivity (Wildman–Crippen MR) is 86.4 cm³/mol. The Hall–Kier alpha value is -2.66. The van der Waals surface area contributed by atoms with E-state index in [9.17, 15) is 14.3 Å². The largest absolute Gasteiger partial charge is 0.497 e. The molecule has 4 nitrogen and oxygen atoms in total. The lowest BCUT2D eigenvalue weighted by Crippen LogP contribution is -2.26. The maximum Gasteiger partial charge on any atom is 0.244 e. The first kappa shape index (κ1) is 16.7. The summed E-state index contributed by atoms with van der Waals surface area (Å²) in [6.45, 7) is 0.0485. The molecule has 0 bridgehead atoms. The zero-order chi connectivity index (χ0) is 16.7. The average molecular weight is 315 g/mol. The molecule has 1 amide bonds. The number of rotatable bonds is 6. The van der Waals surface area contributed by atoms with E-state index in [-0.39, 0.29) is 18.3 Å². The van der Waals surface area contributed by atoms with Crippen LogP contribution < -0.4 is 10.1 Å². The lowest BCUT2D eigenvalue weighted by Gasteiger charge is -2.11. The topological polar surface area (TPSA) is 58.6 Å². The van der Waals surface area contributed by atoms with E-state index < -0.39 is 6.10 Å². The van der Waals surface area contributed by atoms with Crippen molar-refractivity contribution in [2.45, 2.75) is 6.10 Å². The molecule has 0 saturated carbocycles. The van der Waals surface area contributed by atoms with Crippen LogP contribution in [-0.2, 0) is 4.79 Å². The Morgan fingerprint density at radius 2 is 2.04 bits per heavy atom. The number of carbonyl (C=O) groups excluding carboxylic acids is 1. The number of aliphatic hydroxyl groups excluding tert-OH is 1. The van der Waals surface area contributed by atoms with Crippen LogP contribution in [-0.4, -0.2) is 24.7 Å². The van der Waals surface area contributed by atoms with E-state index in [1.807, 2.05) is 18.2 Å². The first-order chi connectivity index (χ1) is 11.1. The van der Waals surface area contributed by atoms with Gasteiger partial charge in [0, 0.05) is 12.6 Å². The molecule has 0 fully saturated rings. The van der Waals surface area contributed by atoms with E-state index in [0.29, 0.717) is 11.3 Å². The van der Waals surface area contributed by atoms with Gasteiger partial charge in [-0.2, -0.15) is 0 Å². The molecule has 2 N–H and O–H groups in total. The number of halogens is 1. The minimum Gasteiger partial charge on any atom is -0.497 e. The van der Waals surface area contributed by atoms with Crippen LogP contribution in [0.5, 0.6) is 5.75 Å². The van der Waals surface area contributed by atoms with Crippen molar-refractivity contribution in [3.05, 3.63) is 71.6 Å². The number of hydrogen-bond acceptors (Lipinski definition) is 3. The van der Waals surface area contributed by atoms with Crippen molar-refractivity contribution in [3.63, 3.8) is 0 Å². The van der Waals surface area contributed by atoms with Gasteiger partial charge in [-0.15, -0.1) is 0 Å². The molecule has 0 saturated heterocycles. The Morgan fingerprint density at radius 1 is 1.30 bits per heavy atom. The molecule has 0 radical (unpaired) electrons. The summed E-state index contributed by atoms with van der Waals surface area (Å²) < 4.78 is 17.9. The zero-order valence-electron chi connectivity index (χ0n) is 12.7. The number of amides is 1. The van der Waals surface area contributed by atoms with Crippen molar-refractivity contribution in [3.8, 4) is 5.75 Å². The molecule has 2 aromatic rings. The van der Waals surface area contributed by atoms with Gasteiger partial charge >= 0.3 is 0 Å². The number of hydrogen-bond donors (Lipinski definition) is 2. The van der Waals surface area contributed by atoms with Crippen LogP contribution in [0.15, 0.2) is 54.6 Å². The molecule has 0 aromatic heterocycles. The summed E-state index contributed by atoms with van der Waals surface area (Å²) >= 11 is 0. The van der Waals surface area contributed by atoms with Gasteiger partial charge in [-0.25, -0.2) is 4.39 Å². The predicted octanol–water partition coefficient (Wildman–Crippen LogP) is 2.70. The summed E-state index contributed by atoms with van der Waals surface area (Å²) in [5.74, 6) is 0.0134. The summed E-state index contributed by atoms with van der Waals surface area (Å²) in [6.07, 6.45) is 2.15. The first-order valence-corrected chi connectivity index (χ1v) is 7.12. The Labute approximate surface area is 134 Å². The van der Waals surface area contributed by atoms with Crippen LogP contribution >= 0.6 is 0 Å². The second kappa shape index (κ2) is 8.10. The minimum atomic E-state index is -0.884. The Morgan fingerprint density at radius 3 is 2.74 bits per heavy atom. The molecule has 0 heterocycles. The molecule has 1 atom stereocenters. The lowest BCUT2D eigenvalue weighted by molar-refractivity contribution is -0.116. The van der Waals surface area contributed by atoms with Crippen LogP contribution in [0, 0.1) is 5.82 Å². The summed E-state index contributed by atoms with van der Waals surface area (Å²) in [5, 5.41) is 12.5. The van der Waals surface area contributed by atoms with Gasteiger partial charge in [0.15, 0.2) is 0 Å². The van der Waals surface area contributed by atoms with Crippen molar-refractivity contribution in [1.82, 2.24) is 5.32 Å². The van der Waals surface area contributed by atoms with E-state index >= 15 is 0 Å². The Bertz CT molecular complexity index is 683. The van der Waals surface area contributed by atoms with Gasteiger partial charge in [0.2, 0.25) is 5.91 Å². The smallest absolute Gasteiger partial charge is 0.244 e. The van der Waals surface area contributed by atoms with Crippen LogP contribution in [0.4, 0.5) is 4.39 Å². The highest BCUT2D eigenvalue weighted by Gasteiger charge is 2.08. The number of benzene rings is 2. The second-order valence-corrected chi connectivity index (χ2v) is 4.92. The van der Waals surface area contributed by atoms with Crippen LogP contribution in [0.25, 0.3) is 6.08 Å². The van der Waals surface area contributed by atoms with E-state index in [1.54, 1.807) is 19.3 Å². The summed E-state index contributed by atoms with van der Waals surface area (Å²) in [4.78, 5) is 11.8. The van der Waals surface area contributed by atoms with Crippen LogP contribution in [0.2, 0.25) is 0 Å². The molecular formula is C18H18FNO3. The maximum atomic E-state index is 12.8. The molecule has 5 heteroatoms. The Balaban J connectivity index is 1.86. The van der Waals surface area contributed by atoms with E-state index in [1.165, 1.54) is 30.3 Å². The van der Waals surface area contributed by atoms with Gasteiger partial charge in [-0.3, -0.25) is 4.79 Å². The van der Waals surface area contributed by atoms with Crippen molar-refractivity contribution in [1.29, 1.82) is 0 Å². The zero-order valence-corrected chi connectivity index (χ0v) is 12.7. The average Bonchev–Trinajstić information content (AvgIpc) is 2.58. The van der Waals surface area contributed by atoms with E-state index in [2.05, 4.69) is 5.32 Å². The van der Waals surface area contributed by atoms with E-state index in [4.69, 9.17) is 4.74 Å². The quantitative estimate of drug-likeness (QED) is 0.806. The minimum absolute atomic E-state index is 0.0485. The highest BCUT2D eigenvalue weighted by molar-refractivity contribution is 5.91. The number of aliphatic hydroxyl groups is 1.